The molecular formula is C18H24N2O3. The molecule has 5 nitrogen and oxygen atoms in total. The van der Waals surface area contributed by atoms with Gasteiger partial charge in [0.2, 0.25) is 0 Å². The van der Waals surface area contributed by atoms with Crippen LogP contribution in [0.2, 0.25) is 0 Å². The Bertz CT molecular complexity index is 691. The third kappa shape index (κ3) is 4.93. The number of aliphatic hydroxyl groups is 1. The number of hydrogen-bond donors (Lipinski definition) is 1. The lowest BCUT2D eigenvalue weighted by Gasteiger charge is -2.19. The maximum Gasteiger partial charge on any atom is 0.310 e. The number of benzene rings is 1. The Balaban J connectivity index is 2.15. The highest BCUT2D eigenvalue weighted by atomic mass is 16.6. The van der Waals surface area contributed by atoms with E-state index < -0.39 is 11.2 Å². The summed E-state index contributed by atoms with van der Waals surface area (Å²) in [5.74, 6) is -0.276. The molecule has 0 aliphatic rings. The van der Waals surface area contributed by atoms with Crippen LogP contribution in [0, 0.1) is 0 Å². The average Bonchev–Trinajstić information content (AvgIpc) is 2.84. The van der Waals surface area contributed by atoms with E-state index in [0.717, 1.165) is 16.8 Å². The Morgan fingerprint density at radius 1 is 1.26 bits per heavy atom. The first-order chi connectivity index (χ1) is 10.5. The van der Waals surface area contributed by atoms with Crippen LogP contribution in [-0.4, -0.2) is 26.5 Å². The van der Waals surface area contributed by atoms with Gasteiger partial charge in [-0.05, 0) is 52.3 Å². The molecule has 1 aromatic carbocycles. The zero-order valence-electron chi connectivity index (χ0n) is 14.3. The lowest BCUT2D eigenvalue weighted by atomic mass is 9.98. The molecule has 1 heterocycles. The van der Waals surface area contributed by atoms with Crippen LogP contribution < -0.4 is 0 Å². The van der Waals surface area contributed by atoms with E-state index in [9.17, 15) is 9.90 Å². The van der Waals surface area contributed by atoms with Crippen molar-refractivity contribution in [3.8, 4) is 5.69 Å². The monoisotopic (exact) mass is 316 g/mol. The normalized spacial score (nSPS) is 12.3. The molecule has 0 saturated carbocycles. The Hall–Kier alpha value is -2.14. The molecule has 0 fully saturated rings. The van der Waals surface area contributed by atoms with Crippen molar-refractivity contribution in [1.82, 2.24) is 9.78 Å². The van der Waals surface area contributed by atoms with E-state index in [1.165, 1.54) is 0 Å². The molecule has 0 radical (unpaired) electrons. The van der Waals surface area contributed by atoms with Crippen LogP contribution in [0.15, 0.2) is 36.7 Å². The fraction of sp³-hybridized carbons (Fsp3) is 0.444. The summed E-state index contributed by atoms with van der Waals surface area (Å²) in [5.41, 5.74) is 1.02. The van der Waals surface area contributed by atoms with Gasteiger partial charge >= 0.3 is 5.97 Å². The molecule has 0 atom stereocenters. The molecule has 0 aliphatic carbocycles. The second kappa shape index (κ2) is 6.16. The first-order valence-corrected chi connectivity index (χ1v) is 7.63. The fourth-order valence-electron chi connectivity index (χ4n) is 2.17. The summed E-state index contributed by atoms with van der Waals surface area (Å²) in [6.07, 6.45) is 3.64. The molecule has 23 heavy (non-hydrogen) atoms. The van der Waals surface area contributed by atoms with Gasteiger partial charge in [0, 0.05) is 11.8 Å². The highest BCUT2D eigenvalue weighted by molar-refractivity contribution is 5.72. The molecule has 124 valence electrons. The summed E-state index contributed by atoms with van der Waals surface area (Å²) in [6, 6.07) is 7.52. The number of carbonyl (C=O) groups excluding carboxylic acids is 1. The van der Waals surface area contributed by atoms with E-state index in [0.29, 0.717) is 0 Å². The van der Waals surface area contributed by atoms with Crippen molar-refractivity contribution in [3.63, 3.8) is 0 Å². The van der Waals surface area contributed by atoms with E-state index in [1.54, 1.807) is 30.9 Å². The van der Waals surface area contributed by atoms with Gasteiger partial charge in [-0.3, -0.25) is 4.79 Å². The highest BCUT2D eigenvalue weighted by Crippen LogP contribution is 2.22. The van der Waals surface area contributed by atoms with Crippen molar-refractivity contribution < 1.29 is 14.6 Å². The van der Waals surface area contributed by atoms with Gasteiger partial charge in [-0.1, -0.05) is 12.1 Å². The van der Waals surface area contributed by atoms with E-state index in [-0.39, 0.29) is 12.4 Å². The summed E-state index contributed by atoms with van der Waals surface area (Å²) < 4.78 is 7.00. The molecule has 5 heteroatoms. The quantitative estimate of drug-likeness (QED) is 0.881. The summed E-state index contributed by atoms with van der Waals surface area (Å²) >= 11 is 0. The topological polar surface area (TPSA) is 64.3 Å². The van der Waals surface area contributed by atoms with Crippen LogP contribution in [0.25, 0.3) is 5.69 Å². The largest absolute Gasteiger partial charge is 0.460 e. The van der Waals surface area contributed by atoms with Crippen LogP contribution in [0.4, 0.5) is 0 Å². The summed E-state index contributed by atoms with van der Waals surface area (Å²) in [5, 5.41) is 14.4. The van der Waals surface area contributed by atoms with Gasteiger partial charge in [-0.2, -0.15) is 5.10 Å². The SMILES string of the molecule is CC(C)(C)OC(=O)Cc1cnn(-c2cccc(C(C)(C)O)c2)c1. The number of nitrogens with zero attached hydrogens (tertiary/aromatic N) is 2. The van der Waals surface area contributed by atoms with Crippen LogP contribution in [0.3, 0.4) is 0 Å². The smallest absolute Gasteiger partial charge is 0.310 e. The Morgan fingerprint density at radius 2 is 1.96 bits per heavy atom. The number of hydrogen-bond acceptors (Lipinski definition) is 4. The van der Waals surface area contributed by atoms with Crippen molar-refractivity contribution in [2.24, 2.45) is 0 Å². The van der Waals surface area contributed by atoms with Gasteiger partial charge in [0.05, 0.1) is 23.9 Å². The number of esters is 1. The standard InChI is InChI=1S/C18H24N2O3/c1-17(2,3)23-16(21)9-13-11-19-20(12-13)15-8-6-7-14(10-15)18(4,5)22/h6-8,10-12,22H,9H2,1-5H3. The van der Waals surface area contributed by atoms with E-state index in [1.807, 2.05) is 45.0 Å². The Kier molecular flexibility index (Phi) is 4.61. The van der Waals surface area contributed by atoms with Gasteiger partial charge in [0.15, 0.2) is 0 Å². The van der Waals surface area contributed by atoms with Crippen molar-refractivity contribution in [1.29, 1.82) is 0 Å². The third-order valence-corrected chi connectivity index (χ3v) is 3.22. The lowest BCUT2D eigenvalue weighted by Crippen LogP contribution is -2.24. The Labute approximate surface area is 136 Å². The second-order valence-corrected chi connectivity index (χ2v) is 7.17. The number of ether oxygens (including phenoxy) is 1. The van der Waals surface area contributed by atoms with Crippen molar-refractivity contribution >= 4 is 5.97 Å². The van der Waals surface area contributed by atoms with E-state index in [2.05, 4.69) is 5.10 Å². The number of carbonyl (C=O) groups is 1. The lowest BCUT2D eigenvalue weighted by molar-refractivity contribution is -0.153. The van der Waals surface area contributed by atoms with Gasteiger partial charge < -0.3 is 9.84 Å². The summed E-state index contributed by atoms with van der Waals surface area (Å²) in [4.78, 5) is 11.9. The van der Waals surface area contributed by atoms with Crippen LogP contribution in [0.1, 0.15) is 45.7 Å². The molecule has 0 saturated heterocycles. The molecular weight excluding hydrogens is 292 g/mol. The zero-order valence-corrected chi connectivity index (χ0v) is 14.3. The van der Waals surface area contributed by atoms with E-state index >= 15 is 0 Å². The van der Waals surface area contributed by atoms with Gasteiger partial charge in [-0.25, -0.2) is 4.68 Å². The van der Waals surface area contributed by atoms with Gasteiger partial charge in [-0.15, -0.1) is 0 Å². The van der Waals surface area contributed by atoms with Crippen LogP contribution in [0.5, 0.6) is 0 Å². The molecule has 0 spiro atoms. The average molecular weight is 316 g/mol. The minimum Gasteiger partial charge on any atom is -0.460 e. The number of rotatable bonds is 4. The maximum absolute atomic E-state index is 11.9. The zero-order chi connectivity index (χ0) is 17.3. The third-order valence-electron chi connectivity index (χ3n) is 3.22. The molecule has 1 aromatic heterocycles. The second-order valence-electron chi connectivity index (χ2n) is 7.17. The molecule has 0 amide bonds. The molecule has 0 bridgehead atoms. The summed E-state index contributed by atoms with van der Waals surface area (Å²) in [6.45, 7) is 9.01. The molecule has 2 rings (SSSR count). The van der Waals surface area contributed by atoms with Crippen molar-refractivity contribution in [2.75, 3.05) is 0 Å². The Morgan fingerprint density at radius 3 is 2.57 bits per heavy atom. The van der Waals surface area contributed by atoms with Crippen LogP contribution >= 0.6 is 0 Å². The molecule has 0 unspecified atom stereocenters. The minimum absolute atomic E-state index is 0.183. The minimum atomic E-state index is -0.914. The number of aromatic nitrogens is 2. The van der Waals surface area contributed by atoms with E-state index in [4.69, 9.17) is 4.74 Å². The maximum atomic E-state index is 11.9. The van der Waals surface area contributed by atoms with Gasteiger partial charge in [0.25, 0.3) is 0 Å². The van der Waals surface area contributed by atoms with Crippen LogP contribution in [-0.2, 0) is 21.6 Å². The first-order valence-electron chi connectivity index (χ1n) is 7.63. The summed E-state index contributed by atoms with van der Waals surface area (Å²) in [7, 11) is 0. The van der Waals surface area contributed by atoms with Crippen molar-refractivity contribution in [3.05, 3.63) is 47.8 Å². The predicted molar refractivity (Wildman–Crippen MR) is 88.4 cm³/mol. The fourth-order valence-corrected chi connectivity index (χ4v) is 2.17. The first kappa shape index (κ1) is 17.2. The molecule has 0 aliphatic heterocycles. The molecule has 2 aromatic rings. The predicted octanol–water partition coefficient (Wildman–Crippen LogP) is 2.98. The van der Waals surface area contributed by atoms with Gasteiger partial charge in [0.1, 0.15) is 5.60 Å². The molecule has 1 N–H and O–H groups in total. The highest BCUT2D eigenvalue weighted by Gasteiger charge is 2.18. The van der Waals surface area contributed by atoms with Crippen molar-refractivity contribution in [2.45, 2.75) is 52.2 Å².